The molecule has 0 spiro atoms. The molecule has 0 saturated carbocycles. The summed E-state index contributed by atoms with van der Waals surface area (Å²) in [5.74, 6) is 1.43. The average Bonchev–Trinajstić information content (AvgIpc) is 2.28. The lowest BCUT2D eigenvalue weighted by Gasteiger charge is -2.32. The van der Waals surface area contributed by atoms with Crippen LogP contribution in [0.3, 0.4) is 0 Å². The molecule has 1 N–H and O–H groups in total. The number of rotatable bonds is 3. The van der Waals surface area contributed by atoms with Crippen LogP contribution in [0.1, 0.15) is 30.7 Å². The van der Waals surface area contributed by atoms with Gasteiger partial charge in [-0.15, -0.1) is 0 Å². The average molecular weight is 235 g/mol. The smallest absolute Gasteiger partial charge is 0.225 e. The third-order valence-electron chi connectivity index (χ3n) is 3.31. The zero-order valence-corrected chi connectivity index (χ0v) is 10.7. The minimum atomic E-state index is 0.284. The van der Waals surface area contributed by atoms with E-state index in [1.807, 2.05) is 19.9 Å². The first-order valence-electron chi connectivity index (χ1n) is 6.37. The van der Waals surface area contributed by atoms with E-state index in [0.29, 0.717) is 5.92 Å². The second-order valence-electron chi connectivity index (χ2n) is 4.92. The van der Waals surface area contributed by atoms with Crippen LogP contribution in [0.4, 0.5) is 5.95 Å². The van der Waals surface area contributed by atoms with Gasteiger partial charge >= 0.3 is 0 Å². The first-order valence-corrected chi connectivity index (χ1v) is 6.37. The Morgan fingerprint density at radius 1 is 1.35 bits per heavy atom. The Balaban J connectivity index is 2.10. The maximum Gasteiger partial charge on any atom is 0.225 e. The summed E-state index contributed by atoms with van der Waals surface area (Å²) in [5.41, 5.74) is 2.05. The molecule has 0 bridgehead atoms. The van der Waals surface area contributed by atoms with E-state index in [-0.39, 0.29) is 6.61 Å². The highest BCUT2D eigenvalue weighted by Crippen LogP contribution is 2.22. The number of aryl methyl sites for hydroxylation is 2. The highest BCUT2D eigenvalue weighted by molar-refractivity contribution is 5.32. The Morgan fingerprint density at radius 2 is 2.06 bits per heavy atom. The van der Waals surface area contributed by atoms with Gasteiger partial charge in [0.1, 0.15) is 0 Å². The molecule has 1 aromatic rings. The summed E-state index contributed by atoms with van der Waals surface area (Å²) in [5, 5.41) is 9.01. The standard InChI is InChI=1S/C13H21N3O/c1-10-8-11(2)15-13(14-10)16-6-3-4-12(9-16)5-7-17/h8,12,17H,3-7,9H2,1-2H3. The van der Waals surface area contributed by atoms with Gasteiger partial charge in [-0.05, 0) is 45.1 Å². The van der Waals surface area contributed by atoms with E-state index in [2.05, 4.69) is 14.9 Å². The second-order valence-corrected chi connectivity index (χ2v) is 4.92. The molecule has 1 aliphatic rings. The molecule has 0 aliphatic carbocycles. The molecule has 17 heavy (non-hydrogen) atoms. The fourth-order valence-corrected chi connectivity index (χ4v) is 2.51. The maximum absolute atomic E-state index is 9.01. The van der Waals surface area contributed by atoms with Crippen molar-refractivity contribution in [2.75, 3.05) is 24.6 Å². The van der Waals surface area contributed by atoms with Gasteiger partial charge in [0, 0.05) is 31.1 Å². The number of aromatic nitrogens is 2. The summed E-state index contributed by atoms with van der Waals surface area (Å²) in [6.45, 7) is 6.31. The molecule has 0 radical (unpaired) electrons. The second kappa shape index (κ2) is 5.45. The predicted molar refractivity (Wildman–Crippen MR) is 68.1 cm³/mol. The Morgan fingerprint density at radius 3 is 2.71 bits per heavy atom. The van der Waals surface area contributed by atoms with Crippen molar-refractivity contribution in [1.82, 2.24) is 9.97 Å². The van der Waals surface area contributed by atoms with Crippen LogP contribution < -0.4 is 4.90 Å². The summed E-state index contributed by atoms with van der Waals surface area (Å²) in [6.07, 6.45) is 3.27. The summed E-state index contributed by atoms with van der Waals surface area (Å²) in [7, 11) is 0. The number of piperidine rings is 1. The molecular formula is C13H21N3O. The van der Waals surface area contributed by atoms with Gasteiger partial charge in [0.15, 0.2) is 0 Å². The lowest BCUT2D eigenvalue weighted by atomic mass is 9.95. The summed E-state index contributed by atoms with van der Waals surface area (Å²) in [6, 6.07) is 2.00. The molecule has 4 heteroatoms. The molecule has 1 aromatic heterocycles. The number of nitrogens with zero attached hydrogens (tertiary/aromatic N) is 3. The number of hydrogen-bond donors (Lipinski definition) is 1. The summed E-state index contributed by atoms with van der Waals surface area (Å²) < 4.78 is 0. The largest absolute Gasteiger partial charge is 0.396 e. The van der Waals surface area contributed by atoms with E-state index in [1.165, 1.54) is 12.8 Å². The van der Waals surface area contributed by atoms with Crippen LogP contribution in [0, 0.1) is 19.8 Å². The maximum atomic E-state index is 9.01. The quantitative estimate of drug-likeness (QED) is 0.866. The molecule has 0 aromatic carbocycles. The number of anilines is 1. The SMILES string of the molecule is Cc1cc(C)nc(N2CCCC(CCO)C2)n1. The van der Waals surface area contributed by atoms with E-state index in [1.54, 1.807) is 0 Å². The predicted octanol–water partition coefficient (Wildman–Crippen LogP) is 1.69. The Hall–Kier alpha value is -1.16. The van der Waals surface area contributed by atoms with Crippen LogP contribution in [-0.4, -0.2) is 34.8 Å². The Bertz CT molecular complexity index is 359. The Kier molecular flexibility index (Phi) is 3.94. The van der Waals surface area contributed by atoms with Crippen LogP contribution in [0.5, 0.6) is 0 Å². The molecule has 1 saturated heterocycles. The zero-order chi connectivity index (χ0) is 12.3. The van der Waals surface area contributed by atoms with Gasteiger partial charge in [0.25, 0.3) is 0 Å². The monoisotopic (exact) mass is 235 g/mol. The highest BCUT2D eigenvalue weighted by Gasteiger charge is 2.21. The van der Waals surface area contributed by atoms with Crippen molar-refractivity contribution in [3.05, 3.63) is 17.5 Å². The van der Waals surface area contributed by atoms with E-state index < -0.39 is 0 Å². The third-order valence-corrected chi connectivity index (χ3v) is 3.31. The molecule has 1 aliphatic heterocycles. The van der Waals surface area contributed by atoms with E-state index in [9.17, 15) is 0 Å². The van der Waals surface area contributed by atoms with Gasteiger partial charge in [0.05, 0.1) is 0 Å². The van der Waals surface area contributed by atoms with Crippen LogP contribution in [0.15, 0.2) is 6.07 Å². The first kappa shape index (κ1) is 12.3. The summed E-state index contributed by atoms with van der Waals surface area (Å²) >= 11 is 0. The third kappa shape index (κ3) is 3.16. The molecule has 2 rings (SSSR count). The number of hydrogen-bond acceptors (Lipinski definition) is 4. The lowest BCUT2D eigenvalue weighted by Crippen LogP contribution is -2.37. The fraction of sp³-hybridized carbons (Fsp3) is 0.692. The van der Waals surface area contributed by atoms with Crippen molar-refractivity contribution in [1.29, 1.82) is 0 Å². The molecule has 1 atom stereocenters. The van der Waals surface area contributed by atoms with Crippen molar-refractivity contribution >= 4 is 5.95 Å². The van der Waals surface area contributed by atoms with Crippen LogP contribution in [0.2, 0.25) is 0 Å². The Labute approximate surface area is 103 Å². The fourth-order valence-electron chi connectivity index (χ4n) is 2.51. The number of aliphatic hydroxyl groups excluding tert-OH is 1. The van der Waals surface area contributed by atoms with Crippen molar-refractivity contribution in [2.45, 2.75) is 33.1 Å². The minimum absolute atomic E-state index is 0.284. The molecule has 0 amide bonds. The molecule has 1 fully saturated rings. The van der Waals surface area contributed by atoms with Gasteiger partial charge in [-0.1, -0.05) is 0 Å². The van der Waals surface area contributed by atoms with Crippen molar-refractivity contribution in [3.8, 4) is 0 Å². The minimum Gasteiger partial charge on any atom is -0.396 e. The van der Waals surface area contributed by atoms with Crippen molar-refractivity contribution in [3.63, 3.8) is 0 Å². The normalized spacial score (nSPS) is 20.6. The van der Waals surface area contributed by atoms with Gasteiger partial charge in [0.2, 0.25) is 5.95 Å². The molecule has 2 heterocycles. The van der Waals surface area contributed by atoms with Crippen LogP contribution >= 0.6 is 0 Å². The molecular weight excluding hydrogens is 214 g/mol. The first-order chi connectivity index (χ1) is 8.19. The van der Waals surface area contributed by atoms with Crippen LogP contribution in [0.25, 0.3) is 0 Å². The van der Waals surface area contributed by atoms with Gasteiger partial charge in [-0.3, -0.25) is 0 Å². The molecule has 4 nitrogen and oxygen atoms in total. The molecule has 1 unspecified atom stereocenters. The van der Waals surface area contributed by atoms with Crippen molar-refractivity contribution < 1.29 is 5.11 Å². The van der Waals surface area contributed by atoms with Gasteiger partial charge in [-0.25, -0.2) is 9.97 Å². The van der Waals surface area contributed by atoms with E-state index >= 15 is 0 Å². The van der Waals surface area contributed by atoms with Gasteiger partial charge < -0.3 is 10.0 Å². The lowest BCUT2D eigenvalue weighted by molar-refractivity contribution is 0.244. The van der Waals surface area contributed by atoms with Crippen molar-refractivity contribution in [2.24, 2.45) is 5.92 Å². The summed E-state index contributed by atoms with van der Waals surface area (Å²) in [4.78, 5) is 11.3. The van der Waals surface area contributed by atoms with Gasteiger partial charge in [-0.2, -0.15) is 0 Å². The van der Waals surface area contributed by atoms with E-state index in [0.717, 1.165) is 36.8 Å². The molecule has 94 valence electrons. The zero-order valence-electron chi connectivity index (χ0n) is 10.7. The highest BCUT2D eigenvalue weighted by atomic mass is 16.3. The van der Waals surface area contributed by atoms with Crippen LogP contribution in [-0.2, 0) is 0 Å². The number of aliphatic hydroxyl groups is 1. The topological polar surface area (TPSA) is 49.2 Å². The van der Waals surface area contributed by atoms with E-state index in [4.69, 9.17) is 5.11 Å².